The molecule has 0 spiro atoms. The van der Waals surface area contributed by atoms with Crippen molar-refractivity contribution in [3.05, 3.63) is 101 Å². The van der Waals surface area contributed by atoms with Gasteiger partial charge in [0, 0.05) is 25.9 Å². The molecule has 3 aromatic rings. The van der Waals surface area contributed by atoms with E-state index in [0.29, 0.717) is 37.1 Å². The van der Waals surface area contributed by atoms with Crippen molar-refractivity contribution < 1.29 is 27.1 Å². The highest BCUT2D eigenvalue weighted by atomic mass is 19.4. The summed E-state index contributed by atoms with van der Waals surface area (Å²) in [5.74, 6) is -0.598. The Morgan fingerprint density at radius 3 is 2.42 bits per heavy atom. The van der Waals surface area contributed by atoms with Crippen LogP contribution in [0.2, 0.25) is 0 Å². The van der Waals surface area contributed by atoms with E-state index >= 15 is 0 Å². The van der Waals surface area contributed by atoms with Gasteiger partial charge in [0.15, 0.2) is 0 Å². The van der Waals surface area contributed by atoms with Crippen molar-refractivity contribution >= 4 is 5.91 Å². The van der Waals surface area contributed by atoms with Gasteiger partial charge in [0.05, 0.1) is 6.61 Å². The lowest BCUT2D eigenvalue weighted by Crippen LogP contribution is -2.40. The molecule has 0 unspecified atom stereocenters. The number of methoxy groups -OCH3 is 1. The molecule has 192 valence electrons. The van der Waals surface area contributed by atoms with E-state index in [1.807, 2.05) is 30.3 Å². The van der Waals surface area contributed by atoms with Gasteiger partial charge in [-0.1, -0.05) is 48.5 Å². The number of hydrogen-bond donors (Lipinski definition) is 2. The standard InChI is InChI=1S/C27H29F4N3O2/c1-18-16-21(10-11-22(18)28)23(12-8-19-9-13-24(33-17-19)27(29,30)31)34-25(20-6-4-3-5-7-20)26(35)32-14-15-36-2/h3-7,9-11,13,16-17,23,25,34H,8,12,14-15H2,1-2H3,(H,32,35)/t23-,25+/m0/s1. The Balaban J connectivity index is 1.86. The Labute approximate surface area is 207 Å². The second-order valence-electron chi connectivity index (χ2n) is 8.44. The molecule has 0 fully saturated rings. The second-order valence-corrected chi connectivity index (χ2v) is 8.44. The monoisotopic (exact) mass is 503 g/mol. The van der Waals surface area contributed by atoms with Gasteiger partial charge in [-0.3, -0.25) is 15.1 Å². The topological polar surface area (TPSA) is 63.2 Å². The molecule has 0 radical (unpaired) electrons. The largest absolute Gasteiger partial charge is 0.433 e. The van der Waals surface area contributed by atoms with Crippen LogP contribution in [0.5, 0.6) is 0 Å². The molecule has 1 amide bonds. The summed E-state index contributed by atoms with van der Waals surface area (Å²) in [5.41, 5.74) is 1.63. The zero-order valence-corrected chi connectivity index (χ0v) is 20.1. The van der Waals surface area contributed by atoms with Crippen molar-refractivity contribution in [2.75, 3.05) is 20.3 Å². The summed E-state index contributed by atoms with van der Waals surface area (Å²) in [6.45, 7) is 2.34. The fourth-order valence-corrected chi connectivity index (χ4v) is 3.83. The van der Waals surface area contributed by atoms with Crippen LogP contribution in [0, 0.1) is 12.7 Å². The summed E-state index contributed by atoms with van der Waals surface area (Å²) >= 11 is 0. The van der Waals surface area contributed by atoms with Crippen LogP contribution in [0.25, 0.3) is 0 Å². The van der Waals surface area contributed by atoms with E-state index in [4.69, 9.17) is 4.74 Å². The van der Waals surface area contributed by atoms with E-state index in [9.17, 15) is 22.4 Å². The molecule has 2 atom stereocenters. The molecule has 0 bridgehead atoms. The third kappa shape index (κ3) is 7.60. The van der Waals surface area contributed by atoms with Crippen molar-refractivity contribution in [2.45, 2.75) is 38.0 Å². The lowest BCUT2D eigenvalue weighted by molar-refractivity contribution is -0.141. The Hall–Kier alpha value is -3.30. The number of alkyl halides is 3. The average molecular weight is 504 g/mol. The molecular formula is C27H29F4N3O2. The first-order valence-electron chi connectivity index (χ1n) is 11.5. The summed E-state index contributed by atoms with van der Waals surface area (Å²) < 4.78 is 57.6. The maximum Gasteiger partial charge on any atom is 0.433 e. The first-order valence-corrected chi connectivity index (χ1v) is 11.5. The zero-order chi connectivity index (χ0) is 26.1. The van der Waals surface area contributed by atoms with Gasteiger partial charge in [0.1, 0.15) is 17.6 Å². The summed E-state index contributed by atoms with van der Waals surface area (Å²) in [6.07, 6.45) is -2.46. The minimum absolute atomic E-state index is 0.252. The van der Waals surface area contributed by atoms with Crippen molar-refractivity contribution in [1.29, 1.82) is 0 Å². The maximum atomic E-state index is 14.0. The van der Waals surface area contributed by atoms with Crippen LogP contribution in [0.1, 0.15) is 46.5 Å². The Kier molecular flexibility index (Phi) is 9.55. The number of nitrogens with zero attached hydrogens (tertiary/aromatic N) is 1. The number of nitrogens with one attached hydrogen (secondary N) is 2. The number of carbonyl (C=O) groups is 1. The van der Waals surface area contributed by atoms with Crippen LogP contribution in [0.4, 0.5) is 17.6 Å². The van der Waals surface area contributed by atoms with E-state index in [0.717, 1.165) is 17.2 Å². The van der Waals surface area contributed by atoms with E-state index in [2.05, 4.69) is 15.6 Å². The second kappa shape index (κ2) is 12.6. The number of halogens is 4. The molecule has 36 heavy (non-hydrogen) atoms. The number of ether oxygens (including phenoxy) is 1. The number of pyridine rings is 1. The van der Waals surface area contributed by atoms with E-state index in [1.165, 1.54) is 18.3 Å². The number of carbonyl (C=O) groups excluding carboxylic acids is 1. The molecule has 0 saturated carbocycles. The molecule has 2 aromatic carbocycles. The number of aryl methyl sites for hydroxylation is 2. The summed E-state index contributed by atoms with van der Waals surface area (Å²) in [6, 6.07) is 15.1. The molecule has 5 nitrogen and oxygen atoms in total. The van der Waals surface area contributed by atoms with Gasteiger partial charge in [0.2, 0.25) is 5.91 Å². The molecular weight excluding hydrogens is 474 g/mol. The van der Waals surface area contributed by atoms with E-state index in [-0.39, 0.29) is 11.7 Å². The number of rotatable bonds is 11. The predicted octanol–water partition coefficient (Wildman–Crippen LogP) is 5.32. The van der Waals surface area contributed by atoms with Gasteiger partial charge in [-0.25, -0.2) is 4.39 Å². The van der Waals surface area contributed by atoms with Crippen molar-refractivity contribution in [2.24, 2.45) is 0 Å². The lowest BCUT2D eigenvalue weighted by atomic mass is 9.95. The first-order chi connectivity index (χ1) is 17.2. The van der Waals surface area contributed by atoms with Gasteiger partial charge < -0.3 is 10.1 Å². The number of aromatic nitrogens is 1. The highest BCUT2D eigenvalue weighted by Crippen LogP contribution is 2.29. The molecule has 0 aliphatic heterocycles. The summed E-state index contributed by atoms with van der Waals surface area (Å²) in [7, 11) is 1.54. The van der Waals surface area contributed by atoms with Gasteiger partial charge in [-0.15, -0.1) is 0 Å². The molecule has 0 saturated heterocycles. The van der Waals surface area contributed by atoms with Crippen LogP contribution >= 0.6 is 0 Å². The molecule has 0 aliphatic rings. The SMILES string of the molecule is COCCNC(=O)[C@H](N[C@@H](CCc1ccc(C(F)(F)F)nc1)c1ccc(F)c(C)c1)c1ccccc1. The van der Waals surface area contributed by atoms with Gasteiger partial charge in [-0.05, 0) is 54.2 Å². The molecule has 1 heterocycles. The maximum absolute atomic E-state index is 14.0. The normalized spacial score (nSPS) is 13.3. The van der Waals surface area contributed by atoms with Crippen LogP contribution in [-0.2, 0) is 22.1 Å². The minimum Gasteiger partial charge on any atom is -0.383 e. The lowest BCUT2D eigenvalue weighted by Gasteiger charge is -2.27. The fourth-order valence-electron chi connectivity index (χ4n) is 3.83. The molecule has 1 aromatic heterocycles. The van der Waals surface area contributed by atoms with Crippen LogP contribution < -0.4 is 10.6 Å². The fraction of sp³-hybridized carbons (Fsp3) is 0.333. The first kappa shape index (κ1) is 27.3. The van der Waals surface area contributed by atoms with Crippen molar-refractivity contribution in [3.8, 4) is 0 Å². The zero-order valence-electron chi connectivity index (χ0n) is 20.1. The van der Waals surface area contributed by atoms with Gasteiger partial charge in [0.25, 0.3) is 0 Å². The Bertz CT molecular complexity index is 1120. The van der Waals surface area contributed by atoms with Crippen LogP contribution in [0.3, 0.4) is 0 Å². The molecule has 0 aliphatic carbocycles. The number of benzene rings is 2. The molecule has 9 heteroatoms. The third-order valence-electron chi connectivity index (χ3n) is 5.79. The molecule has 2 N–H and O–H groups in total. The quantitative estimate of drug-likeness (QED) is 0.275. The van der Waals surface area contributed by atoms with Crippen molar-refractivity contribution in [3.63, 3.8) is 0 Å². The number of amides is 1. The molecule has 3 rings (SSSR count). The average Bonchev–Trinajstić information content (AvgIpc) is 2.86. The Morgan fingerprint density at radius 1 is 1.06 bits per heavy atom. The number of hydrogen-bond acceptors (Lipinski definition) is 4. The Morgan fingerprint density at radius 2 is 1.81 bits per heavy atom. The predicted molar refractivity (Wildman–Crippen MR) is 129 cm³/mol. The minimum atomic E-state index is -4.51. The van der Waals surface area contributed by atoms with E-state index in [1.54, 1.807) is 26.2 Å². The van der Waals surface area contributed by atoms with Gasteiger partial charge >= 0.3 is 6.18 Å². The highest BCUT2D eigenvalue weighted by Gasteiger charge is 2.32. The van der Waals surface area contributed by atoms with Gasteiger partial charge in [-0.2, -0.15) is 13.2 Å². The highest BCUT2D eigenvalue weighted by molar-refractivity contribution is 5.83. The summed E-state index contributed by atoms with van der Waals surface area (Å²) in [4.78, 5) is 16.6. The third-order valence-corrected chi connectivity index (χ3v) is 5.79. The van der Waals surface area contributed by atoms with Crippen molar-refractivity contribution in [1.82, 2.24) is 15.6 Å². The van der Waals surface area contributed by atoms with Crippen LogP contribution in [0.15, 0.2) is 66.9 Å². The summed E-state index contributed by atoms with van der Waals surface area (Å²) in [5, 5.41) is 6.24. The van der Waals surface area contributed by atoms with Crippen LogP contribution in [-0.4, -0.2) is 31.2 Å². The van der Waals surface area contributed by atoms with E-state index < -0.39 is 24.0 Å². The smallest absolute Gasteiger partial charge is 0.383 e.